The number of carboxylic acids is 1. The number of nitrogens with one attached hydrogen (secondary N) is 1. The van der Waals surface area contributed by atoms with Gasteiger partial charge in [-0.2, -0.15) is 0 Å². The van der Waals surface area contributed by atoms with E-state index in [9.17, 15) is 26.7 Å². The van der Waals surface area contributed by atoms with Crippen LogP contribution in [0.25, 0.3) is 0 Å². The molecule has 0 unspecified atom stereocenters. The van der Waals surface area contributed by atoms with Crippen LogP contribution in [0.4, 0.5) is 33.3 Å². The lowest BCUT2D eigenvalue weighted by Crippen LogP contribution is -2.05. The first-order valence-corrected chi connectivity index (χ1v) is 5.43. The summed E-state index contributed by atoms with van der Waals surface area (Å²) in [6, 6.07) is 1.74. The van der Waals surface area contributed by atoms with Gasteiger partial charge in [0.05, 0.1) is 11.3 Å². The van der Waals surface area contributed by atoms with Crippen molar-refractivity contribution in [2.75, 3.05) is 5.32 Å². The van der Waals surface area contributed by atoms with Crippen LogP contribution in [0.15, 0.2) is 24.3 Å². The lowest BCUT2D eigenvalue weighted by molar-refractivity contribution is 0.0696. The van der Waals surface area contributed by atoms with E-state index in [1.807, 2.05) is 5.32 Å². The molecule has 2 aromatic rings. The highest BCUT2D eigenvalue weighted by atomic mass is 19.2. The quantitative estimate of drug-likeness (QED) is 0.669. The molecular formula is C13H6F5NO2. The molecule has 8 heteroatoms. The highest BCUT2D eigenvalue weighted by Gasteiger charge is 2.18. The lowest BCUT2D eigenvalue weighted by atomic mass is 10.1. The van der Waals surface area contributed by atoms with E-state index < -0.39 is 52.0 Å². The molecule has 2 N–H and O–H groups in total. The lowest BCUT2D eigenvalue weighted by Gasteiger charge is -2.11. The molecular weight excluding hydrogens is 297 g/mol. The Labute approximate surface area is 114 Å². The summed E-state index contributed by atoms with van der Waals surface area (Å²) in [6.45, 7) is 0. The standard InChI is InChI=1S/C13H6F5NO2/c14-6-3-7(15)11(18)10(4-6)19-12-8(16)1-5(13(20)21)2-9(12)17/h1-4,19H,(H,20,21). The molecule has 0 amide bonds. The van der Waals surface area contributed by atoms with E-state index in [4.69, 9.17) is 5.11 Å². The molecule has 110 valence electrons. The monoisotopic (exact) mass is 303 g/mol. The maximum absolute atomic E-state index is 13.6. The Morgan fingerprint density at radius 1 is 0.905 bits per heavy atom. The second-order valence-electron chi connectivity index (χ2n) is 3.99. The fourth-order valence-electron chi connectivity index (χ4n) is 1.60. The van der Waals surface area contributed by atoms with Crippen molar-refractivity contribution in [2.24, 2.45) is 0 Å². The summed E-state index contributed by atoms with van der Waals surface area (Å²) < 4.78 is 66.6. The van der Waals surface area contributed by atoms with Crippen molar-refractivity contribution < 1.29 is 31.9 Å². The van der Waals surface area contributed by atoms with Gasteiger partial charge in [0.1, 0.15) is 11.5 Å². The second kappa shape index (κ2) is 5.39. The van der Waals surface area contributed by atoms with Crippen LogP contribution in [0.5, 0.6) is 0 Å². The molecule has 0 bridgehead atoms. The number of halogens is 5. The van der Waals surface area contributed by atoms with E-state index in [0.29, 0.717) is 18.2 Å². The molecule has 0 heterocycles. The van der Waals surface area contributed by atoms with Crippen LogP contribution in [-0.4, -0.2) is 11.1 Å². The summed E-state index contributed by atoms with van der Waals surface area (Å²) in [5.41, 5.74) is -2.42. The number of hydrogen-bond donors (Lipinski definition) is 2. The SMILES string of the molecule is O=C(O)c1cc(F)c(Nc2cc(F)cc(F)c2F)c(F)c1. The van der Waals surface area contributed by atoms with Crippen LogP contribution in [0, 0.1) is 29.1 Å². The normalized spacial score (nSPS) is 10.5. The molecule has 2 aromatic carbocycles. The van der Waals surface area contributed by atoms with E-state index in [0.717, 1.165) is 0 Å². The summed E-state index contributed by atoms with van der Waals surface area (Å²) >= 11 is 0. The van der Waals surface area contributed by atoms with Crippen LogP contribution in [0.2, 0.25) is 0 Å². The first-order chi connectivity index (χ1) is 9.79. The summed E-state index contributed by atoms with van der Waals surface area (Å²) in [7, 11) is 0. The van der Waals surface area contributed by atoms with Crippen molar-refractivity contribution >= 4 is 17.3 Å². The summed E-state index contributed by atoms with van der Waals surface area (Å²) in [5.74, 6) is -8.49. The molecule has 21 heavy (non-hydrogen) atoms. The number of benzene rings is 2. The minimum Gasteiger partial charge on any atom is -0.478 e. The average Bonchev–Trinajstić information content (AvgIpc) is 2.38. The summed E-state index contributed by atoms with van der Waals surface area (Å²) in [5, 5.41) is 10.5. The third-order valence-corrected chi connectivity index (χ3v) is 2.54. The molecule has 0 aliphatic heterocycles. The Balaban J connectivity index is 2.48. The summed E-state index contributed by atoms with van der Waals surface area (Å²) in [4.78, 5) is 10.6. The molecule has 0 spiro atoms. The third kappa shape index (κ3) is 2.93. The zero-order valence-electron chi connectivity index (χ0n) is 10.1. The van der Waals surface area contributed by atoms with Gasteiger partial charge < -0.3 is 10.4 Å². The van der Waals surface area contributed by atoms with Crippen molar-refractivity contribution in [1.29, 1.82) is 0 Å². The van der Waals surface area contributed by atoms with Gasteiger partial charge in [0.25, 0.3) is 0 Å². The van der Waals surface area contributed by atoms with Crippen LogP contribution >= 0.6 is 0 Å². The second-order valence-corrected chi connectivity index (χ2v) is 3.99. The molecule has 0 radical (unpaired) electrons. The van der Waals surface area contributed by atoms with E-state index in [1.165, 1.54) is 0 Å². The predicted octanol–water partition coefficient (Wildman–Crippen LogP) is 3.82. The minimum absolute atomic E-state index is 0.265. The highest BCUT2D eigenvalue weighted by molar-refractivity contribution is 5.88. The maximum Gasteiger partial charge on any atom is 0.335 e. The molecule has 0 saturated carbocycles. The Hall–Kier alpha value is -2.64. The van der Waals surface area contributed by atoms with E-state index in [2.05, 4.69) is 0 Å². The Morgan fingerprint density at radius 2 is 1.48 bits per heavy atom. The third-order valence-electron chi connectivity index (χ3n) is 2.54. The Kier molecular flexibility index (Phi) is 3.79. The van der Waals surface area contributed by atoms with E-state index in [1.54, 1.807) is 0 Å². The molecule has 0 aliphatic rings. The van der Waals surface area contributed by atoms with Gasteiger partial charge in [-0.15, -0.1) is 0 Å². The van der Waals surface area contributed by atoms with Crippen molar-refractivity contribution in [3.05, 3.63) is 58.9 Å². The van der Waals surface area contributed by atoms with E-state index >= 15 is 0 Å². The van der Waals surface area contributed by atoms with Gasteiger partial charge in [-0.05, 0) is 12.1 Å². The topological polar surface area (TPSA) is 49.3 Å². The van der Waals surface area contributed by atoms with Gasteiger partial charge in [-0.3, -0.25) is 0 Å². The molecule has 0 aromatic heterocycles. The highest BCUT2D eigenvalue weighted by Crippen LogP contribution is 2.28. The van der Waals surface area contributed by atoms with Gasteiger partial charge in [-0.1, -0.05) is 0 Å². The Morgan fingerprint density at radius 3 is 2.00 bits per heavy atom. The Bertz CT molecular complexity index is 710. The maximum atomic E-state index is 13.6. The molecule has 3 nitrogen and oxygen atoms in total. The fourth-order valence-corrected chi connectivity index (χ4v) is 1.60. The van der Waals surface area contributed by atoms with Crippen LogP contribution < -0.4 is 5.32 Å². The van der Waals surface area contributed by atoms with Crippen LogP contribution in [0.3, 0.4) is 0 Å². The zero-order valence-corrected chi connectivity index (χ0v) is 10.1. The number of anilines is 2. The molecule has 0 atom stereocenters. The predicted molar refractivity (Wildman–Crippen MR) is 62.9 cm³/mol. The first-order valence-electron chi connectivity index (χ1n) is 5.43. The van der Waals surface area contributed by atoms with Crippen LogP contribution in [-0.2, 0) is 0 Å². The smallest absolute Gasteiger partial charge is 0.335 e. The van der Waals surface area contributed by atoms with Gasteiger partial charge in [0, 0.05) is 12.1 Å². The number of aromatic carboxylic acids is 1. The van der Waals surface area contributed by atoms with Gasteiger partial charge in [-0.25, -0.2) is 26.7 Å². The first kappa shape index (κ1) is 14.8. The molecule has 0 aliphatic carbocycles. The zero-order chi connectivity index (χ0) is 15.7. The minimum atomic E-state index is -1.57. The van der Waals surface area contributed by atoms with E-state index in [-0.39, 0.29) is 6.07 Å². The number of carboxylic acid groups (broad SMARTS) is 1. The molecule has 0 saturated heterocycles. The largest absolute Gasteiger partial charge is 0.478 e. The molecule has 0 fully saturated rings. The average molecular weight is 303 g/mol. The summed E-state index contributed by atoms with van der Waals surface area (Å²) in [6.07, 6.45) is 0. The van der Waals surface area contributed by atoms with Gasteiger partial charge in [0.2, 0.25) is 0 Å². The van der Waals surface area contributed by atoms with Gasteiger partial charge >= 0.3 is 5.97 Å². The van der Waals surface area contributed by atoms with Gasteiger partial charge in [0.15, 0.2) is 23.3 Å². The van der Waals surface area contributed by atoms with Crippen molar-refractivity contribution in [2.45, 2.75) is 0 Å². The number of carbonyl (C=O) groups is 1. The number of hydrogen-bond acceptors (Lipinski definition) is 2. The van der Waals surface area contributed by atoms with Crippen molar-refractivity contribution in [3.63, 3.8) is 0 Å². The fraction of sp³-hybridized carbons (Fsp3) is 0. The number of rotatable bonds is 3. The van der Waals surface area contributed by atoms with Crippen molar-refractivity contribution in [3.8, 4) is 0 Å². The van der Waals surface area contributed by atoms with Crippen molar-refractivity contribution in [1.82, 2.24) is 0 Å². The van der Waals surface area contributed by atoms with Crippen LogP contribution in [0.1, 0.15) is 10.4 Å². The molecule has 2 rings (SSSR count).